The van der Waals surface area contributed by atoms with Gasteiger partial charge in [-0.05, 0) is 25.5 Å². The summed E-state index contributed by atoms with van der Waals surface area (Å²) in [6.07, 6.45) is 0. The molecule has 1 aromatic carbocycles. The van der Waals surface area contributed by atoms with Crippen molar-refractivity contribution in [3.8, 4) is 0 Å². The number of carbonyl (C=O) groups is 1. The smallest absolute Gasteiger partial charge is 0.330 e. The van der Waals surface area contributed by atoms with Crippen molar-refractivity contribution < 1.29 is 4.79 Å². The number of carbonyl (C=O) groups excluding carboxylic acids is 1. The molecule has 2 heterocycles. The molecule has 2 aromatic heterocycles. The normalized spacial score (nSPS) is 10.8. The molecule has 7 nitrogen and oxygen atoms in total. The highest BCUT2D eigenvalue weighted by atomic mass is 32.1. The van der Waals surface area contributed by atoms with Crippen molar-refractivity contribution in [3.05, 3.63) is 78.1 Å². The van der Waals surface area contributed by atoms with Crippen molar-refractivity contribution in [1.82, 2.24) is 9.55 Å². The van der Waals surface area contributed by atoms with Crippen LogP contribution in [-0.4, -0.2) is 22.5 Å². The molecule has 0 saturated heterocycles. The second kappa shape index (κ2) is 7.24. The molecule has 3 aromatic rings. The van der Waals surface area contributed by atoms with Crippen molar-refractivity contribution in [2.45, 2.75) is 20.4 Å². The fraction of sp³-hybridized carbons (Fsp3) is 0.211. The van der Waals surface area contributed by atoms with Crippen LogP contribution in [0.2, 0.25) is 0 Å². The van der Waals surface area contributed by atoms with Gasteiger partial charge in [0.15, 0.2) is 5.69 Å². The maximum Gasteiger partial charge on any atom is 0.330 e. The molecule has 27 heavy (non-hydrogen) atoms. The molecule has 0 atom stereocenters. The number of nitrogen functional groups attached to an aromatic ring is 1. The molecule has 0 fully saturated rings. The highest BCUT2D eigenvalue weighted by Crippen LogP contribution is 2.24. The van der Waals surface area contributed by atoms with E-state index in [4.69, 9.17) is 5.73 Å². The first-order chi connectivity index (χ1) is 12.8. The Morgan fingerprint density at radius 1 is 1.22 bits per heavy atom. The van der Waals surface area contributed by atoms with E-state index in [0.29, 0.717) is 5.56 Å². The lowest BCUT2D eigenvalue weighted by atomic mass is 10.2. The number of amides is 1. The van der Waals surface area contributed by atoms with Crippen LogP contribution in [0.4, 0.5) is 11.5 Å². The predicted octanol–water partition coefficient (Wildman–Crippen LogP) is 2.12. The number of nitrogens with one attached hydrogen (secondary N) is 1. The monoisotopic (exact) mass is 384 g/mol. The summed E-state index contributed by atoms with van der Waals surface area (Å²) in [7, 11) is 1.48. The number of rotatable bonds is 4. The largest absolute Gasteiger partial charge is 0.383 e. The first kappa shape index (κ1) is 18.7. The molecule has 3 N–H and O–H groups in total. The van der Waals surface area contributed by atoms with Gasteiger partial charge in [-0.3, -0.25) is 19.1 Å². The molecule has 0 aliphatic heterocycles. The van der Waals surface area contributed by atoms with E-state index in [1.165, 1.54) is 27.9 Å². The molecule has 0 aliphatic rings. The van der Waals surface area contributed by atoms with Crippen LogP contribution in [0.15, 0.2) is 46.0 Å². The highest BCUT2D eigenvalue weighted by molar-refractivity contribution is 7.12. The van der Waals surface area contributed by atoms with Crippen LogP contribution in [0.1, 0.15) is 25.7 Å². The SMILES string of the molecule is Cc1cc(C(=O)N(C)c2c(N)n(Cc3ccccc3)c(=O)[nH]c2=O)c(C)s1. The summed E-state index contributed by atoms with van der Waals surface area (Å²) in [5.41, 5.74) is 6.16. The Bertz CT molecular complexity index is 1110. The van der Waals surface area contributed by atoms with Gasteiger partial charge in [0.1, 0.15) is 5.82 Å². The first-order valence-electron chi connectivity index (χ1n) is 8.31. The van der Waals surface area contributed by atoms with Gasteiger partial charge in [-0.1, -0.05) is 30.3 Å². The van der Waals surface area contributed by atoms with Crippen molar-refractivity contribution in [2.75, 3.05) is 17.7 Å². The second-order valence-electron chi connectivity index (χ2n) is 6.26. The fourth-order valence-electron chi connectivity index (χ4n) is 2.95. The van der Waals surface area contributed by atoms with Gasteiger partial charge in [0.25, 0.3) is 11.5 Å². The minimum atomic E-state index is -0.692. The van der Waals surface area contributed by atoms with Gasteiger partial charge in [0.05, 0.1) is 12.1 Å². The van der Waals surface area contributed by atoms with Crippen LogP contribution >= 0.6 is 11.3 Å². The summed E-state index contributed by atoms with van der Waals surface area (Å²) in [5.74, 6) is -0.396. The van der Waals surface area contributed by atoms with E-state index in [0.717, 1.165) is 15.3 Å². The Morgan fingerprint density at radius 3 is 2.48 bits per heavy atom. The Balaban J connectivity index is 2.06. The number of benzene rings is 1. The van der Waals surface area contributed by atoms with Crippen LogP contribution in [0.5, 0.6) is 0 Å². The Hall–Kier alpha value is -3.13. The molecule has 3 rings (SSSR count). The fourth-order valence-corrected chi connectivity index (χ4v) is 3.87. The molecule has 1 amide bonds. The van der Waals surface area contributed by atoms with Crippen LogP contribution < -0.4 is 21.9 Å². The number of anilines is 2. The molecule has 8 heteroatoms. The number of aryl methyl sites for hydroxylation is 2. The maximum absolute atomic E-state index is 12.9. The van der Waals surface area contributed by atoms with Crippen molar-refractivity contribution in [2.24, 2.45) is 0 Å². The second-order valence-corrected chi connectivity index (χ2v) is 7.72. The minimum Gasteiger partial charge on any atom is -0.383 e. The molecule has 0 radical (unpaired) electrons. The zero-order valence-corrected chi connectivity index (χ0v) is 16.1. The zero-order chi connectivity index (χ0) is 19.7. The summed E-state index contributed by atoms with van der Waals surface area (Å²) in [6.45, 7) is 3.95. The number of H-pyrrole nitrogens is 1. The minimum absolute atomic E-state index is 0.0428. The van der Waals surface area contributed by atoms with Crippen LogP contribution in [0.25, 0.3) is 0 Å². The molecule has 0 unspecified atom stereocenters. The summed E-state index contributed by atoms with van der Waals surface area (Å²) in [5, 5.41) is 0. The molecule has 0 saturated carbocycles. The summed E-state index contributed by atoms with van der Waals surface area (Å²) in [6, 6.07) is 11.0. The lowest BCUT2D eigenvalue weighted by Gasteiger charge is -2.20. The Labute approximate surface area is 159 Å². The zero-order valence-electron chi connectivity index (χ0n) is 15.3. The third-order valence-electron chi connectivity index (χ3n) is 4.31. The van der Waals surface area contributed by atoms with Gasteiger partial charge in [0.2, 0.25) is 0 Å². The number of hydrogen-bond acceptors (Lipinski definition) is 5. The number of aromatic nitrogens is 2. The molecule has 140 valence electrons. The van der Waals surface area contributed by atoms with E-state index in [1.54, 1.807) is 6.07 Å². The number of thiophene rings is 1. The average Bonchev–Trinajstić information content (AvgIpc) is 2.96. The third-order valence-corrected chi connectivity index (χ3v) is 5.27. The third kappa shape index (κ3) is 3.56. The van der Waals surface area contributed by atoms with E-state index >= 15 is 0 Å². The lowest BCUT2D eigenvalue weighted by Crippen LogP contribution is -2.39. The van der Waals surface area contributed by atoms with Gasteiger partial charge in [-0.2, -0.15) is 0 Å². The summed E-state index contributed by atoms with van der Waals surface area (Å²) >= 11 is 1.51. The quantitative estimate of drug-likeness (QED) is 0.719. The predicted molar refractivity (Wildman–Crippen MR) is 108 cm³/mol. The summed E-state index contributed by atoms with van der Waals surface area (Å²) < 4.78 is 1.25. The van der Waals surface area contributed by atoms with Crippen LogP contribution in [-0.2, 0) is 6.54 Å². The highest BCUT2D eigenvalue weighted by Gasteiger charge is 2.24. The number of aromatic amines is 1. The van der Waals surface area contributed by atoms with E-state index in [2.05, 4.69) is 4.98 Å². The Kier molecular flexibility index (Phi) is 5.00. The number of nitrogens with zero attached hydrogens (tertiary/aromatic N) is 2. The molecule has 0 bridgehead atoms. The maximum atomic E-state index is 12.9. The van der Waals surface area contributed by atoms with E-state index in [9.17, 15) is 14.4 Å². The van der Waals surface area contributed by atoms with Crippen LogP contribution in [0, 0.1) is 13.8 Å². The standard InChI is InChI=1S/C19H20N4O3S/c1-11-9-14(12(2)27-11)18(25)22(3)15-16(20)23(19(26)21-17(15)24)10-13-7-5-4-6-8-13/h4-9H,10,20H2,1-3H3,(H,21,24,26). The summed E-state index contributed by atoms with van der Waals surface area (Å²) in [4.78, 5) is 42.8. The molecule has 0 spiro atoms. The van der Waals surface area contributed by atoms with Gasteiger partial charge in [-0.25, -0.2) is 4.79 Å². The lowest BCUT2D eigenvalue weighted by molar-refractivity contribution is 0.0992. The van der Waals surface area contributed by atoms with Gasteiger partial charge >= 0.3 is 5.69 Å². The van der Waals surface area contributed by atoms with Gasteiger partial charge in [0, 0.05) is 16.8 Å². The number of hydrogen-bond donors (Lipinski definition) is 2. The first-order valence-corrected chi connectivity index (χ1v) is 9.13. The molecule has 0 aliphatic carbocycles. The number of nitrogens with two attached hydrogens (primary N) is 1. The van der Waals surface area contributed by atoms with Crippen LogP contribution in [0.3, 0.4) is 0 Å². The van der Waals surface area contributed by atoms with E-state index in [1.807, 2.05) is 44.2 Å². The topological polar surface area (TPSA) is 101 Å². The van der Waals surface area contributed by atoms with Crippen molar-refractivity contribution in [3.63, 3.8) is 0 Å². The molecular weight excluding hydrogens is 364 g/mol. The average molecular weight is 384 g/mol. The van der Waals surface area contributed by atoms with Crippen molar-refractivity contribution >= 4 is 28.7 Å². The Morgan fingerprint density at radius 2 is 1.89 bits per heavy atom. The van der Waals surface area contributed by atoms with E-state index in [-0.39, 0.29) is 24.0 Å². The van der Waals surface area contributed by atoms with Gasteiger partial charge in [-0.15, -0.1) is 11.3 Å². The van der Waals surface area contributed by atoms with Gasteiger partial charge < -0.3 is 10.6 Å². The molecular formula is C19H20N4O3S. The van der Waals surface area contributed by atoms with E-state index < -0.39 is 11.2 Å². The van der Waals surface area contributed by atoms with Crippen molar-refractivity contribution in [1.29, 1.82) is 0 Å².